The van der Waals surface area contributed by atoms with E-state index < -0.39 is 16.0 Å². The monoisotopic (exact) mass is 486 g/mol. The fourth-order valence-electron chi connectivity index (χ4n) is 5.09. The van der Waals surface area contributed by atoms with Crippen molar-refractivity contribution >= 4 is 27.5 Å². The van der Waals surface area contributed by atoms with E-state index in [0.717, 1.165) is 56.7 Å². The van der Waals surface area contributed by atoms with Crippen LogP contribution in [0.2, 0.25) is 0 Å². The van der Waals surface area contributed by atoms with Crippen LogP contribution in [0.15, 0.2) is 29.3 Å². The summed E-state index contributed by atoms with van der Waals surface area (Å²) in [6.07, 6.45) is 6.03. The van der Waals surface area contributed by atoms with Gasteiger partial charge in [0.05, 0.1) is 16.8 Å². The third kappa shape index (κ3) is 5.36. The second-order valence-electron chi connectivity index (χ2n) is 9.67. The summed E-state index contributed by atoms with van der Waals surface area (Å²) in [4.78, 5) is 21.2. The first-order valence-electron chi connectivity index (χ1n) is 12.0. The molecule has 2 saturated heterocycles. The molecule has 184 valence electrons. The number of carboxylic acids is 1. The van der Waals surface area contributed by atoms with Crippen LogP contribution in [0, 0.1) is 26.7 Å². The van der Waals surface area contributed by atoms with Crippen molar-refractivity contribution in [3.05, 3.63) is 46.6 Å². The molecule has 9 heteroatoms. The number of carbonyl (C=O) groups is 1. The summed E-state index contributed by atoms with van der Waals surface area (Å²) in [5, 5.41) is 9.89. The van der Waals surface area contributed by atoms with Gasteiger partial charge in [0.15, 0.2) is 0 Å². The molecule has 2 aliphatic heterocycles. The van der Waals surface area contributed by atoms with Crippen LogP contribution in [0.1, 0.15) is 52.7 Å². The first-order chi connectivity index (χ1) is 16.1. The number of nitrogens with zero attached hydrogens (tertiary/aromatic N) is 3. The lowest BCUT2D eigenvalue weighted by molar-refractivity contribution is 0.0697. The van der Waals surface area contributed by atoms with Crippen molar-refractivity contribution in [2.45, 2.75) is 51.3 Å². The SMILES string of the molecule is Cc1cc(C)c(S(=O)(=O)Nc2cnc(N3CCC[C@@H](CN4CCCC4)C3)c(C(=O)O)c2)cc1C. The van der Waals surface area contributed by atoms with E-state index in [1.807, 2.05) is 24.8 Å². The number of anilines is 2. The van der Waals surface area contributed by atoms with Crippen molar-refractivity contribution in [3.8, 4) is 0 Å². The molecule has 0 saturated carbocycles. The van der Waals surface area contributed by atoms with Crippen LogP contribution in [-0.4, -0.2) is 62.1 Å². The molecule has 2 fully saturated rings. The summed E-state index contributed by atoms with van der Waals surface area (Å²) >= 11 is 0. The molecule has 0 amide bonds. The van der Waals surface area contributed by atoms with Gasteiger partial charge in [-0.25, -0.2) is 18.2 Å². The molecule has 0 unspecified atom stereocenters. The minimum atomic E-state index is -3.89. The van der Waals surface area contributed by atoms with Crippen LogP contribution in [0.4, 0.5) is 11.5 Å². The van der Waals surface area contributed by atoms with Gasteiger partial charge in [-0.15, -0.1) is 0 Å². The number of aromatic nitrogens is 1. The Labute approximate surface area is 202 Å². The fraction of sp³-hybridized carbons (Fsp3) is 0.520. The largest absolute Gasteiger partial charge is 0.478 e. The Morgan fingerprint density at radius 3 is 2.47 bits per heavy atom. The number of carboxylic acid groups (broad SMARTS) is 1. The molecule has 0 aliphatic carbocycles. The second kappa shape index (κ2) is 9.92. The third-order valence-corrected chi connectivity index (χ3v) is 8.49. The number of benzene rings is 1. The van der Waals surface area contributed by atoms with Gasteiger partial charge in [-0.1, -0.05) is 6.07 Å². The highest BCUT2D eigenvalue weighted by atomic mass is 32.2. The van der Waals surface area contributed by atoms with Crippen molar-refractivity contribution in [1.82, 2.24) is 9.88 Å². The van der Waals surface area contributed by atoms with E-state index in [9.17, 15) is 18.3 Å². The highest BCUT2D eigenvalue weighted by Gasteiger charge is 2.28. The van der Waals surface area contributed by atoms with Gasteiger partial charge in [-0.05, 0) is 94.3 Å². The van der Waals surface area contributed by atoms with Crippen molar-refractivity contribution in [2.24, 2.45) is 5.92 Å². The smallest absolute Gasteiger partial charge is 0.339 e. The molecule has 0 radical (unpaired) electrons. The van der Waals surface area contributed by atoms with Gasteiger partial charge >= 0.3 is 5.97 Å². The molecule has 4 rings (SSSR count). The summed E-state index contributed by atoms with van der Waals surface area (Å²) in [6.45, 7) is 10.4. The lowest BCUT2D eigenvalue weighted by Gasteiger charge is -2.36. The van der Waals surface area contributed by atoms with Gasteiger partial charge in [0.1, 0.15) is 11.4 Å². The van der Waals surface area contributed by atoms with Gasteiger partial charge in [-0.3, -0.25) is 4.72 Å². The molecule has 1 aromatic carbocycles. The highest BCUT2D eigenvalue weighted by Crippen LogP contribution is 2.29. The van der Waals surface area contributed by atoms with Crippen LogP contribution in [0.25, 0.3) is 0 Å². The van der Waals surface area contributed by atoms with E-state index in [1.54, 1.807) is 13.0 Å². The van der Waals surface area contributed by atoms with Crippen molar-refractivity contribution in [3.63, 3.8) is 0 Å². The number of hydrogen-bond acceptors (Lipinski definition) is 6. The van der Waals surface area contributed by atoms with Crippen LogP contribution >= 0.6 is 0 Å². The molecule has 1 aromatic heterocycles. The summed E-state index contributed by atoms with van der Waals surface area (Å²) in [5.74, 6) is -0.238. The Morgan fingerprint density at radius 1 is 1.06 bits per heavy atom. The highest BCUT2D eigenvalue weighted by molar-refractivity contribution is 7.92. The molecule has 2 aromatic rings. The van der Waals surface area contributed by atoms with Gasteiger partial charge in [0, 0.05) is 19.6 Å². The van der Waals surface area contributed by atoms with E-state index in [2.05, 4.69) is 14.6 Å². The van der Waals surface area contributed by atoms with Crippen LogP contribution < -0.4 is 9.62 Å². The van der Waals surface area contributed by atoms with Crippen LogP contribution in [-0.2, 0) is 10.0 Å². The summed E-state index contributed by atoms with van der Waals surface area (Å²) < 4.78 is 28.6. The number of aryl methyl sites for hydroxylation is 3. The normalized spacial score (nSPS) is 19.4. The van der Waals surface area contributed by atoms with Gasteiger partial charge in [-0.2, -0.15) is 0 Å². The number of likely N-dealkylation sites (tertiary alicyclic amines) is 1. The predicted octanol–water partition coefficient (Wildman–Crippen LogP) is 3.82. The summed E-state index contributed by atoms with van der Waals surface area (Å²) in [5.41, 5.74) is 2.68. The predicted molar refractivity (Wildman–Crippen MR) is 133 cm³/mol. The van der Waals surface area contributed by atoms with Gasteiger partial charge < -0.3 is 14.9 Å². The first-order valence-corrected chi connectivity index (χ1v) is 13.4. The summed E-state index contributed by atoms with van der Waals surface area (Å²) in [6, 6.07) is 4.85. The van der Waals surface area contributed by atoms with E-state index in [1.165, 1.54) is 25.1 Å². The van der Waals surface area contributed by atoms with Crippen molar-refractivity contribution in [1.29, 1.82) is 0 Å². The van der Waals surface area contributed by atoms with E-state index >= 15 is 0 Å². The number of aromatic carboxylic acids is 1. The molecular weight excluding hydrogens is 452 g/mol. The van der Waals surface area contributed by atoms with E-state index in [-0.39, 0.29) is 16.1 Å². The van der Waals surface area contributed by atoms with Gasteiger partial charge in [0.25, 0.3) is 10.0 Å². The quantitative estimate of drug-likeness (QED) is 0.613. The molecule has 34 heavy (non-hydrogen) atoms. The fourth-order valence-corrected chi connectivity index (χ4v) is 6.44. The zero-order valence-corrected chi connectivity index (χ0v) is 21.0. The maximum absolute atomic E-state index is 13.1. The molecule has 2 aliphatic rings. The average molecular weight is 487 g/mol. The molecule has 8 nitrogen and oxygen atoms in total. The number of pyridine rings is 1. The topological polar surface area (TPSA) is 103 Å². The Kier molecular flexibility index (Phi) is 7.14. The first kappa shape index (κ1) is 24.5. The standard InChI is InChI=1S/C25H34N4O4S/c1-17-11-19(3)23(12-18(17)2)34(32,33)27-21-13-22(25(30)31)24(26-14-21)29-10-6-7-20(16-29)15-28-8-4-5-9-28/h11-14,20,27H,4-10,15-16H2,1-3H3,(H,30,31)/t20-/m0/s1. The van der Waals surface area contributed by atoms with E-state index in [0.29, 0.717) is 17.3 Å². The summed E-state index contributed by atoms with van der Waals surface area (Å²) in [7, 11) is -3.89. The van der Waals surface area contributed by atoms with E-state index in [4.69, 9.17) is 0 Å². The number of sulfonamides is 1. The molecular formula is C25H34N4O4S. The number of piperidine rings is 1. The zero-order valence-electron chi connectivity index (χ0n) is 20.2. The number of rotatable bonds is 7. The van der Waals surface area contributed by atoms with Crippen molar-refractivity contribution < 1.29 is 18.3 Å². The molecule has 3 heterocycles. The Balaban J connectivity index is 1.56. The Hall–Kier alpha value is -2.65. The number of hydrogen-bond donors (Lipinski definition) is 2. The maximum Gasteiger partial charge on any atom is 0.339 e. The van der Waals surface area contributed by atoms with Crippen molar-refractivity contribution in [2.75, 3.05) is 42.3 Å². The molecule has 0 bridgehead atoms. The third-order valence-electron chi connectivity index (χ3n) is 6.96. The van der Waals surface area contributed by atoms with Gasteiger partial charge in [0.2, 0.25) is 0 Å². The lowest BCUT2D eigenvalue weighted by atomic mass is 9.97. The minimum Gasteiger partial charge on any atom is -0.478 e. The number of nitrogens with one attached hydrogen (secondary N) is 1. The maximum atomic E-state index is 13.1. The molecule has 0 spiro atoms. The average Bonchev–Trinajstić information content (AvgIpc) is 3.29. The Bertz CT molecular complexity index is 1180. The second-order valence-corrected chi connectivity index (χ2v) is 11.3. The molecule has 2 N–H and O–H groups in total. The zero-order chi connectivity index (χ0) is 24.5. The lowest BCUT2D eigenvalue weighted by Crippen LogP contribution is -2.41. The minimum absolute atomic E-state index is 0.0128. The Morgan fingerprint density at radius 2 is 1.76 bits per heavy atom. The van der Waals surface area contributed by atoms with Crippen LogP contribution in [0.5, 0.6) is 0 Å². The van der Waals surface area contributed by atoms with Crippen LogP contribution in [0.3, 0.4) is 0 Å². The molecule has 1 atom stereocenters.